The monoisotopic (exact) mass is 329 g/mol. The Kier molecular flexibility index (Phi) is 5.86. The minimum atomic E-state index is 0.122. The predicted molar refractivity (Wildman–Crippen MR) is 94.5 cm³/mol. The van der Waals surface area contributed by atoms with Crippen LogP contribution in [0.5, 0.6) is 0 Å². The zero-order valence-corrected chi connectivity index (χ0v) is 14.1. The first-order valence-electron chi connectivity index (χ1n) is 9.10. The van der Waals surface area contributed by atoms with Gasteiger partial charge < -0.3 is 16.0 Å². The van der Waals surface area contributed by atoms with E-state index in [0.29, 0.717) is 6.54 Å². The maximum Gasteiger partial charge on any atom is 0.227 e. The van der Waals surface area contributed by atoms with Gasteiger partial charge in [0.05, 0.1) is 0 Å². The molecule has 0 atom stereocenters. The average molecular weight is 329 g/mol. The number of anilines is 1. The van der Waals surface area contributed by atoms with Crippen molar-refractivity contribution in [1.29, 1.82) is 0 Å². The largest absolute Gasteiger partial charge is 0.352 e. The number of hydrogen-bond donors (Lipinski definition) is 3. The van der Waals surface area contributed by atoms with Gasteiger partial charge in [-0.2, -0.15) is 0 Å². The van der Waals surface area contributed by atoms with E-state index in [4.69, 9.17) is 0 Å². The number of carbonyl (C=O) groups is 2. The van der Waals surface area contributed by atoms with Crippen molar-refractivity contribution >= 4 is 17.5 Å². The highest BCUT2D eigenvalue weighted by molar-refractivity contribution is 5.92. The molecule has 24 heavy (non-hydrogen) atoms. The predicted octanol–water partition coefficient (Wildman–Crippen LogP) is 2.43. The van der Waals surface area contributed by atoms with E-state index in [2.05, 4.69) is 16.0 Å². The van der Waals surface area contributed by atoms with Gasteiger partial charge in [0.15, 0.2) is 0 Å². The van der Waals surface area contributed by atoms with Crippen LogP contribution in [0.1, 0.15) is 44.1 Å². The summed E-state index contributed by atoms with van der Waals surface area (Å²) in [6.45, 7) is 2.34. The van der Waals surface area contributed by atoms with Crippen LogP contribution in [0.4, 0.5) is 5.69 Å². The lowest BCUT2D eigenvalue weighted by molar-refractivity contribution is -0.126. The number of amides is 2. The Morgan fingerprint density at radius 2 is 1.71 bits per heavy atom. The maximum absolute atomic E-state index is 12.2. The lowest BCUT2D eigenvalue weighted by Crippen LogP contribution is -2.37. The second kappa shape index (κ2) is 8.29. The van der Waals surface area contributed by atoms with Crippen molar-refractivity contribution in [2.24, 2.45) is 11.8 Å². The van der Waals surface area contributed by atoms with Crippen LogP contribution in [0.2, 0.25) is 0 Å². The molecule has 1 saturated carbocycles. The van der Waals surface area contributed by atoms with E-state index in [1.165, 1.54) is 0 Å². The van der Waals surface area contributed by atoms with Crippen LogP contribution in [-0.4, -0.2) is 24.9 Å². The lowest BCUT2D eigenvalue weighted by Gasteiger charge is -2.21. The summed E-state index contributed by atoms with van der Waals surface area (Å²) in [6, 6.07) is 7.77. The quantitative estimate of drug-likeness (QED) is 0.777. The van der Waals surface area contributed by atoms with Crippen LogP contribution in [0.25, 0.3) is 0 Å². The average Bonchev–Trinajstić information content (AvgIpc) is 3.15. The molecule has 3 rings (SSSR count). The Bertz CT molecular complexity index is 576. The van der Waals surface area contributed by atoms with Crippen LogP contribution in [0.15, 0.2) is 24.3 Å². The second-order valence-electron chi connectivity index (χ2n) is 6.91. The molecule has 0 spiro atoms. The molecule has 3 N–H and O–H groups in total. The highest BCUT2D eigenvalue weighted by Gasteiger charge is 2.23. The molecule has 2 fully saturated rings. The Morgan fingerprint density at radius 1 is 1.00 bits per heavy atom. The summed E-state index contributed by atoms with van der Waals surface area (Å²) in [4.78, 5) is 24.4. The Morgan fingerprint density at radius 3 is 2.46 bits per heavy atom. The minimum Gasteiger partial charge on any atom is -0.352 e. The molecule has 1 aromatic carbocycles. The van der Waals surface area contributed by atoms with Gasteiger partial charge in [0.2, 0.25) is 11.8 Å². The Labute approximate surface area is 143 Å². The van der Waals surface area contributed by atoms with Gasteiger partial charge in [0.1, 0.15) is 0 Å². The first-order valence-corrected chi connectivity index (χ1v) is 9.10. The second-order valence-corrected chi connectivity index (χ2v) is 6.91. The smallest absolute Gasteiger partial charge is 0.227 e. The van der Waals surface area contributed by atoms with Crippen molar-refractivity contribution < 1.29 is 9.59 Å². The first kappa shape index (κ1) is 17.0. The van der Waals surface area contributed by atoms with Crippen LogP contribution >= 0.6 is 0 Å². The van der Waals surface area contributed by atoms with Gasteiger partial charge in [-0.25, -0.2) is 0 Å². The van der Waals surface area contributed by atoms with E-state index in [1.54, 1.807) is 0 Å². The van der Waals surface area contributed by atoms with Gasteiger partial charge in [-0.3, -0.25) is 9.59 Å². The van der Waals surface area contributed by atoms with Gasteiger partial charge in [-0.1, -0.05) is 25.0 Å². The summed E-state index contributed by atoms with van der Waals surface area (Å²) >= 11 is 0. The molecule has 1 aliphatic carbocycles. The number of benzene rings is 1. The van der Waals surface area contributed by atoms with E-state index in [-0.39, 0.29) is 23.7 Å². The van der Waals surface area contributed by atoms with Crippen molar-refractivity contribution in [2.75, 3.05) is 18.4 Å². The fourth-order valence-corrected chi connectivity index (χ4v) is 3.61. The van der Waals surface area contributed by atoms with Crippen LogP contribution in [-0.2, 0) is 16.1 Å². The van der Waals surface area contributed by atoms with Gasteiger partial charge in [0, 0.05) is 24.1 Å². The molecule has 1 aromatic rings. The summed E-state index contributed by atoms with van der Waals surface area (Å²) in [6.07, 6.45) is 6.12. The van der Waals surface area contributed by atoms with Gasteiger partial charge in [-0.15, -0.1) is 0 Å². The summed E-state index contributed by atoms with van der Waals surface area (Å²) < 4.78 is 0. The van der Waals surface area contributed by atoms with Crippen LogP contribution in [0, 0.1) is 11.8 Å². The molecule has 0 unspecified atom stereocenters. The number of hydrogen-bond acceptors (Lipinski definition) is 3. The third kappa shape index (κ3) is 4.57. The van der Waals surface area contributed by atoms with Gasteiger partial charge in [0.25, 0.3) is 0 Å². The van der Waals surface area contributed by atoms with Crippen molar-refractivity contribution in [3.05, 3.63) is 29.8 Å². The van der Waals surface area contributed by atoms with E-state index < -0.39 is 0 Å². The molecule has 0 radical (unpaired) electrons. The van der Waals surface area contributed by atoms with Gasteiger partial charge in [-0.05, 0) is 56.5 Å². The Balaban J connectivity index is 1.51. The highest BCUT2D eigenvalue weighted by atomic mass is 16.2. The zero-order chi connectivity index (χ0) is 16.8. The molecular formula is C19H27N3O2. The molecule has 2 amide bonds. The van der Waals surface area contributed by atoms with Gasteiger partial charge >= 0.3 is 0 Å². The third-order valence-corrected chi connectivity index (χ3v) is 5.10. The number of rotatable bonds is 5. The summed E-state index contributed by atoms with van der Waals surface area (Å²) in [5.41, 5.74) is 1.84. The normalized spacial score (nSPS) is 19.2. The number of nitrogens with one attached hydrogen (secondary N) is 3. The molecule has 1 aliphatic heterocycles. The molecule has 5 nitrogen and oxygen atoms in total. The fraction of sp³-hybridized carbons (Fsp3) is 0.579. The van der Waals surface area contributed by atoms with Crippen LogP contribution < -0.4 is 16.0 Å². The summed E-state index contributed by atoms with van der Waals surface area (Å²) in [5.74, 6) is 0.546. The lowest BCUT2D eigenvalue weighted by atomic mass is 9.97. The first-order chi connectivity index (χ1) is 11.7. The van der Waals surface area contributed by atoms with E-state index in [1.807, 2.05) is 24.3 Å². The van der Waals surface area contributed by atoms with E-state index in [9.17, 15) is 9.59 Å². The Hall–Kier alpha value is -1.88. The third-order valence-electron chi connectivity index (χ3n) is 5.10. The van der Waals surface area contributed by atoms with Crippen molar-refractivity contribution in [3.8, 4) is 0 Å². The molecule has 0 bridgehead atoms. The molecule has 2 aliphatic rings. The molecule has 130 valence electrons. The SMILES string of the molecule is O=C(NCc1cccc(NC(=O)C2CCCC2)c1)C1CCNCC1. The van der Waals surface area contributed by atoms with Crippen LogP contribution in [0.3, 0.4) is 0 Å². The van der Waals surface area contributed by atoms with Crippen molar-refractivity contribution in [1.82, 2.24) is 10.6 Å². The molecule has 0 aromatic heterocycles. The maximum atomic E-state index is 12.2. The van der Waals surface area contributed by atoms with Crippen molar-refractivity contribution in [2.45, 2.75) is 45.1 Å². The summed E-state index contributed by atoms with van der Waals surface area (Å²) in [7, 11) is 0. The number of carbonyl (C=O) groups excluding carboxylic acids is 2. The van der Waals surface area contributed by atoms with E-state index in [0.717, 1.165) is 62.9 Å². The number of piperidine rings is 1. The van der Waals surface area contributed by atoms with E-state index >= 15 is 0 Å². The fourth-order valence-electron chi connectivity index (χ4n) is 3.61. The topological polar surface area (TPSA) is 70.2 Å². The zero-order valence-electron chi connectivity index (χ0n) is 14.1. The standard InChI is InChI=1S/C19H27N3O2/c23-18(16-8-10-20-11-9-16)21-13-14-4-3-7-17(12-14)22-19(24)15-5-1-2-6-15/h3-4,7,12,15-16,20H,1-2,5-6,8-11,13H2,(H,21,23)(H,22,24). The highest BCUT2D eigenvalue weighted by Crippen LogP contribution is 2.26. The molecule has 5 heteroatoms. The molecule has 1 saturated heterocycles. The molecule has 1 heterocycles. The van der Waals surface area contributed by atoms with Crippen molar-refractivity contribution in [3.63, 3.8) is 0 Å². The molecular weight excluding hydrogens is 302 g/mol. The summed E-state index contributed by atoms with van der Waals surface area (Å²) in [5, 5.41) is 9.31. The minimum absolute atomic E-state index is 0.122.